The Morgan fingerprint density at radius 1 is 1.38 bits per heavy atom. The molecule has 0 spiro atoms. The SMILES string of the molecule is O=C(O)C[C@H](NC1=CC(=O)CCC1)C(=O)O. The molecule has 1 rings (SSSR count). The molecule has 0 saturated heterocycles. The molecule has 0 aromatic carbocycles. The van der Waals surface area contributed by atoms with Crippen LogP contribution in [0.3, 0.4) is 0 Å². The second-order valence-electron chi connectivity index (χ2n) is 3.62. The van der Waals surface area contributed by atoms with E-state index in [1.165, 1.54) is 6.08 Å². The predicted octanol–water partition coefficient (Wildman–Crippen LogP) is 0.141. The first-order chi connectivity index (χ1) is 7.49. The van der Waals surface area contributed by atoms with Crippen LogP contribution in [0.1, 0.15) is 25.7 Å². The Bertz CT molecular complexity index is 347. The standard InChI is InChI=1S/C10H13NO5/c12-7-3-1-2-6(4-7)11-8(10(15)16)5-9(13)14/h4,8,11H,1-3,5H2,(H,13,14)(H,15,16)/t8-/m0/s1. The van der Waals surface area contributed by atoms with Crippen LogP contribution in [0.2, 0.25) is 0 Å². The number of hydrogen-bond acceptors (Lipinski definition) is 4. The normalized spacial score (nSPS) is 17.5. The van der Waals surface area contributed by atoms with Crippen LogP contribution in [0.4, 0.5) is 0 Å². The zero-order valence-electron chi connectivity index (χ0n) is 8.60. The molecular formula is C10H13NO5. The summed E-state index contributed by atoms with van der Waals surface area (Å²) in [5, 5.41) is 19.9. The van der Waals surface area contributed by atoms with E-state index < -0.39 is 24.4 Å². The molecule has 1 aliphatic carbocycles. The molecule has 6 heteroatoms. The maximum Gasteiger partial charge on any atom is 0.326 e. The number of allylic oxidation sites excluding steroid dienone is 2. The Morgan fingerprint density at radius 3 is 2.56 bits per heavy atom. The average Bonchev–Trinajstić information content (AvgIpc) is 2.15. The first-order valence-corrected chi connectivity index (χ1v) is 4.93. The first kappa shape index (κ1) is 12.2. The maximum atomic E-state index is 11.1. The van der Waals surface area contributed by atoms with Crippen LogP contribution >= 0.6 is 0 Å². The number of carbonyl (C=O) groups is 3. The maximum absolute atomic E-state index is 11.1. The van der Waals surface area contributed by atoms with Gasteiger partial charge in [-0.25, -0.2) is 4.79 Å². The highest BCUT2D eigenvalue weighted by atomic mass is 16.4. The van der Waals surface area contributed by atoms with Gasteiger partial charge in [0.25, 0.3) is 0 Å². The van der Waals surface area contributed by atoms with Crippen LogP contribution in [0.15, 0.2) is 11.8 Å². The summed E-state index contributed by atoms with van der Waals surface area (Å²) < 4.78 is 0. The summed E-state index contributed by atoms with van der Waals surface area (Å²) >= 11 is 0. The number of nitrogens with one attached hydrogen (secondary N) is 1. The Kier molecular flexibility index (Phi) is 4.04. The lowest BCUT2D eigenvalue weighted by atomic mass is 10.0. The van der Waals surface area contributed by atoms with Gasteiger partial charge in [0.15, 0.2) is 5.78 Å². The van der Waals surface area contributed by atoms with Crippen molar-refractivity contribution in [1.82, 2.24) is 5.32 Å². The van der Waals surface area contributed by atoms with Gasteiger partial charge in [0, 0.05) is 18.2 Å². The van der Waals surface area contributed by atoms with Crippen LogP contribution in [0.25, 0.3) is 0 Å². The lowest BCUT2D eigenvalue weighted by molar-refractivity contribution is -0.145. The van der Waals surface area contributed by atoms with E-state index in [1.807, 2.05) is 0 Å². The van der Waals surface area contributed by atoms with Crippen LogP contribution in [0, 0.1) is 0 Å². The molecule has 0 aromatic heterocycles. The van der Waals surface area contributed by atoms with Gasteiger partial charge in [0.05, 0.1) is 6.42 Å². The third kappa shape index (κ3) is 3.72. The van der Waals surface area contributed by atoms with Crippen molar-refractivity contribution in [1.29, 1.82) is 0 Å². The van der Waals surface area contributed by atoms with Crippen LogP contribution in [-0.2, 0) is 14.4 Å². The second kappa shape index (κ2) is 5.29. The average molecular weight is 227 g/mol. The van der Waals surface area contributed by atoms with Gasteiger partial charge in [-0.15, -0.1) is 0 Å². The summed E-state index contributed by atoms with van der Waals surface area (Å²) in [7, 11) is 0. The highest BCUT2D eigenvalue weighted by molar-refractivity contribution is 5.91. The molecule has 0 saturated carbocycles. The smallest absolute Gasteiger partial charge is 0.326 e. The molecule has 0 fully saturated rings. The molecular weight excluding hydrogens is 214 g/mol. The third-order valence-corrected chi connectivity index (χ3v) is 2.24. The number of carboxylic acids is 2. The van der Waals surface area contributed by atoms with E-state index in [0.717, 1.165) is 0 Å². The first-order valence-electron chi connectivity index (χ1n) is 4.93. The summed E-state index contributed by atoms with van der Waals surface area (Å²) in [5.41, 5.74) is 0.505. The number of aliphatic carboxylic acids is 2. The van der Waals surface area contributed by atoms with E-state index in [2.05, 4.69) is 5.32 Å². The Balaban J connectivity index is 2.64. The van der Waals surface area contributed by atoms with Gasteiger partial charge in [0.2, 0.25) is 0 Å². The monoisotopic (exact) mass is 227 g/mol. The zero-order valence-corrected chi connectivity index (χ0v) is 8.60. The molecule has 0 aliphatic heterocycles. The Hall–Kier alpha value is -1.85. The second-order valence-corrected chi connectivity index (χ2v) is 3.62. The minimum Gasteiger partial charge on any atom is -0.481 e. The van der Waals surface area contributed by atoms with Crippen molar-refractivity contribution in [3.63, 3.8) is 0 Å². The van der Waals surface area contributed by atoms with Crippen LogP contribution < -0.4 is 5.32 Å². The van der Waals surface area contributed by atoms with Gasteiger partial charge in [0.1, 0.15) is 6.04 Å². The number of carbonyl (C=O) groups excluding carboxylic acids is 1. The molecule has 3 N–H and O–H groups in total. The zero-order chi connectivity index (χ0) is 12.1. The fourth-order valence-corrected chi connectivity index (χ4v) is 1.50. The van der Waals surface area contributed by atoms with Gasteiger partial charge < -0.3 is 15.5 Å². The highest BCUT2D eigenvalue weighted by Gasteiger charge is 2.22. The molecule has 0 bridgehead atoms. The van der Waals surface area contributed by atoms with Crippen molar-refractivity contribution in [2.24, 2.45) is 0 Å². The minimum absolute atomic E-state index is 0.0618. The molecule has 16 heavy (non-hydrogen) atoms. The van der Waals surface area contributed by atoms with Crippen molar-refractivity contribution in [3.05, 3.63) is 11.8 Å². The summed E-state index contributed by atoms with van der Waals surface area (Å²) in [4.78, 5) is 32.2. The van der Waals surface area contributed by atoms with E-state index in [0.29, 0.717) is 25.0 Å². The number of carboxylic acid groups (broad SMARTS) is 2. The third-order valence-electron chi connectivity index (χ3n) is 2.24. The van der Waals surface area contributed by atoms with Gasteiger partial charge in [-0.1, -0.05) is 0 Å². The summed E-state index contributed by atoms with van der Waals surface area (Å²) in [6.45, 7) is 0. The molecule has 0 heterocycles. The number of hydrogen-bond donors (Lipinski definition) is 3. The molecule has 1 aliphatic rings. The molecule has 0 amide bonds. The van der Waals surface area contributed by atoms with Crippen molar-refractivity contribution in [2.45, 2.75) is 31.7 Å². The molecule has 0 radical (unpaired) electrons. The summed E-state index contributed by atoms with van der Waals surface area (Å²) in [5.74, 6) is -2.49. The fourth-order valence-electron chi connectivity index (χ4n) is 1.50. The van der Waals surface area contributed by atoms with Gasteiger partial charge >= 0.3 is 11.9 Å². The van der Waals surface area contributed by atoms with Crippen LogP contribution in [0.5, 0.6) is 0 Å². The van der Waals surface area contributed by atoms with E-state index in [4.69, 9.17) is 10.2 Å². The molecule has 0 aromatic rings. The van der Waals surface area contributed by atoms with Gasteiger partial charge in [-0.2, -0.15) is 0 Å². The lowest BCUT2D eigenvalue weighted by Crippen LogP contribution is -2.38. The molecule has 1 atom stereocenters. The topological polar surface area (TPSA) is 104 Å². The van der Waals surface area contributed by atoms with E-state index in [1.54, 1.807) is 0 Å². The summed E-state index contributed by atoms with van der Waals surface area (Å²) in [6, 6.07) is -1.19. The Labute approximate surface area is 92.0 Å². The van der Waals surface area contributed by atoms with Gasteiger partial charge in [-0.05, 0) is 12.8 Å². The van der Waals surface area contributed by atoms with Crippen molar-refractivity contribution < 1.29 is 24.6 Å². The quantitative estimate of drug-likeness (QED) is 0.617. The van der Waals surface area contributed by atoms with Crippen molar-refractivity contribution in [2.75, 3.05) is 0 Å². The lowest BCUT2D eigenvalue weighted by Gasteiger charge is -2.18. The molecule has 0 unspecified atom stereocenters. The number of ketones is 1. The van der Waals surface area contributed by atoms with Gasteiger partial charge in [-0.3, -0.25) is 9.59 Å². The molecule has 88 valence electrons. The van der Waals surface area contributed by atoms with Crippen molar-refractivity contribution in [3.8, 4) is 0 Å². The predicted molar refractivity (Wildman–Crippen MR) is 53.8 cm³/mol. The Morgan fingerprint density at radius 2 is 2.06 bits per heavy atom. The summed E-state index contributed by atoms with van der Waals surface area (Å²) in [6.07, 6.45) is 2.54. The fraction of sp³-hybridized carbons (Fsp3) is 0.500. The van der Waals surface area contributed by atoms with Crippen molar-refractivity contribution >= 4 is 17.7 Å². The van der Waals surface area contributed by atoms with E-state index >= 15 is 0 Å². The minimum atomic E-state index is -1.23. The molecule has 6 nitrogen and oxygen atoms in total. The van der Waals surface area contributed by atoms with E-state index in [-0.39, 0.29) is 5.78 Å². The largest absolute Gasteiger partial charge is 0.481 e. The highest BCUT2D eigenvalue weighted by Crippen LogP contribution is 2.13. The van der Waals surface area contributed by atoms with E-state index in [9.17, 15) is 14.4 Å². The van der Waals surface area contributed by atoms with Crippen LogP contribution in [-0.4, -0.2) is 34.0 Å². The number of rotatable bonds is 5.